The quantitative estimate of drug-likeness (QED) is 0.590. The molecule has 0 radical (unpaired) electrons. The zero-order chi connectivity index (χ0) is 13.8. The highest BCUT2D eigenvalue weighted by molar-refractivity contribution is 7.86. The van der Waals surface area contributed by atoms with Crippen molar-refractivity contribution in [1.82, 2.24) is 0 Å². The van der Waals surface area contributed by atoms with Gasteiger partial charge in [-0.25, -0.2) is 4.89 Å². The van der Waals surface area contributed by atoms with Gasteiger partial charge >= 0.3 is 10.1 Å². The van der Waals surface area contributed by atoms with Crippen LogP contribution in [0.2, 0.25) is 0 Å². The highest BCUT2D eigenvalue weighted by Gasteiger charge is 2.18. The molecule has 1 unspecified atom stereocenters. The molecule has 0 saturated heterocycles. The number of hydrogen-bond donors (Lipinski definition) is 0. The summed E-state index contributed by atoms with van der Waals surface area (Å²) in [7, 11) is -2.64. The molecule has 5 heteroatoms. The van der Waals surface area contributed by atoms with E-state index in [2.05, 4.69) is 30.0 Å². The molecule has 0 aliphatic carbocycles. The van der Waals surface area contributed by atoms with Crippen LogP contribution in [0, 0.1) is 5.92 Å². The van der Waals surface area contributed by atoms with Gasteiger partial charge < -0.3 is 0 Å². The van der Waals surface area contributed by atoms with Crippen LogP contribution in [0.25, 0.3) is 0 Å². The molecule has 0 fully saturated rings. The molecule has 1 aromatic rings. The minimum atomic E-state index is -3.80. The van der Waals surface area contributed by atoms with Crippen molar-refractivity contribution in [3.63, 3.8) is 0 Å². The maximum atomic E-state index is 11.6. The fraction of sp³-hybridized carbons (Fsp3) is 0.538. The summed E-state index contributed by atoms with van der Waals surface area (Å²) in [5.74, 6) is 0.956. The third-order valence-electron chi connectivity index (χ3n) is 3.00. The van der Waals surface area contributed by atoms with E-state index in [9.17, 15) is 8.42 Å². The van der Waals surface area contributed by atoms with Crippen molar-refractivity contribution < 1.29 is 17.6 Å². The molecule has 0 saturated carbocycles. The first-order valence-corrected chi connectivity index (χ1v) is 7.40. The van der Waals surface area contributed by atoms with Gasteiger partial charge in [-0.2, -0.15) is 8.42 Å². The molecule has 102 valence electrons. The average molecular weight is 272 g/mol. The Hall–Kier alpha value is -0.910. The third-order valence-corrected chi connectivity index (χ3v) is 4.16. The highest BCUT2D eigenvalue weighted by atomic mass is 32.2. The molecule has 0 N–H and O–H groups in total. The molecule has 0 spiro atoms. The van der Waals surface area contributed by atoms with Gasteiger partial charge in [-0.1, -0.05) is 32.9 Å². The summed E-state index contributed by atoms with van der Waals surface area (Å²) in [5.41, 5.74) is 1.14. The lowest BCUT2D eigenvalue weighted by atomic mass is 9.86. The molecule has 1 rings (SSSR count). The SMILES string of the molecule is CCC(c1ccc(S(=O)(=O)OOC)cc1)C(C)C. The van der Waals surface area contributed by atoms with E-state index in [0.717, 1.165) is 19.1 Å². The largest absolute Gasteiger partial charge is 0.323 e. The van der Waals surface area contributed by atoms with Crippen molar-refractivity contribution in [2.24, 2.45) is 5.92 Å². The van der Waals surface area contributed by atoms with Crippen LogP contribution >= 0.6 is 0 Å². The van der Waals surface area contributed by atoms with E-state index in [-0.39, 0.29) is 4.90 Å². The molecule has 0 heterocycles. The van der Waals surface area contributed by atoms with E-state index in [1.54, 1.807) is 12.1 Å². The second-order valence-corrected chi connectivity index (χ2v) is 6.03. The van der Waals surface area contributed by atoms with E-state index in [0.29, 0.717) is 11.8 Å². The molecular formula is C13H20O4S. The molecule has 0 amide bonds. The van der Waals surface area contributed by atoms with E-state index in [1.807, 2.05) is 12.1 Å². The normalized spacial score (nSPS) is 13.8. The van der Waals surface area contributed by atoms with Gasteiger partial charge in [0.1, 0.15) is 0 Å². The zero-order valence-corrected chi connectivity index (χ0v) is 12.0. The fourth-order valence-corrected chi connectivity index (χ4v) is 2.83. The summed E-state index contributed by atoms with van der Waals surface area (Å²) >= 11 is 0. The minimum Gasteiger partial charge on any atom is -0.223 e. The van der Waals surface area contributed by atoms with Gasteiger partial charge in [0.05, 0.1) is 12.0 Å². The van der Waals surface area contributed by atoms with Gasteiger partial charge in [-0.05, 0) is 36.0 Å². The van der Waals surface area contributed by atoms with Crippen LogP contribution in [-0.2, 0) is 19.3 Å². The third kappa shape index (κ3) is 3.54. The standard InChI is InChI=1S/C13H20O4S/c1-5-13(10(2)3)11-6-8-12(9-7-11)18(14,15)17-16-4/h6-10,13H,5H2,1-4H3. The van der Waals surface area contributed by atoms with Crippen LogP contribution in [0.3, 0.4) is 0 Å². The molecule has 4 nitrogen and oxygen atoms in total. The Bertz CT molecular complexity index is 462. The van der Waals surface area contributed by atoms with Crippen LogP contribution in [-0.4, -0.2) is 15.5 Å². The fourth-order valence-electron chi connectivity index (χ4n) is 2.10. The molecule has 0 aromatic heterocycles. The summed E-state index contributed by atoms with van der Waals surface area (Å²) in [5, 5.41) is 0. The maximum absolute atomic E-state index is 11.6. The van der Waals surface area contributed by atoms with Gasteiger partial charge in [0.2, 0.25) is 0 Å². The number of rotatable bonds is 6. The monoisotopic (exact) mass is 272 g/mol. The maximum Gasteiger partial charge on any atom is 0.323 e. The highest BCUT2D eigenvalue weighted by Crippen LogP contribution is 2.28. The summed E-state index contributed by atoms with van der Waals surface area (Å²) in [4.78, 5) is 4.31. The number of hydrogen-bond acceptors (Lipinski definition) is 4. The van der Waals surface area contributed by atoms with Crippen molar-refractivity contribution in [3.05, 3.63) is 29.8 Å². The van der Waals surface area contributed by atoms with Crippen molar-refractivity contribution in [1.29, 1.82) is 0 Å². The Labute approximate surface area is 109 Å². The van der Waals surface area contributed by atoms with E-state index in [1.165, 1.54) is 0 Å². The molecule has 0 aliphatic heterocycles. The minimum absolute atomic E-state index is 0.103. The molecule has 0 aliphatic rings. The van der Waals surface area contributed by atoms with Crippen molar-refractivity contribution in [3.8, 4) is 0 Å². The van der Waals surface area contributed by atoms with Crippen LogP contribution in [0.15, 0.2) is 29.2 Å². The van der Waals surface area contributed by atoms with Crippen LogP contribution in [0.4, 0.5) is 0 Å². The first kappa shape index (κ1) is 15.1. The van der Waals surface area contributed by atoms with Crippen LogP contribution in [0.5, 0.6) is 0 Å². The lowest BCUT2D eigenvalue weighted by molar-refractivity contribution is -0.172. The summed E-state index contributed by atoms with van der Waals surface area (Å²) < 4.78 is 27.4. The van der Waals surface area contributed by atoms with Gasteiger partial charge in [-0.3, -0.25) is 0 Å². The van der Waals surface area contributed by atoms with Crippen LogP contribution in [0.1, 0.15) is 38.7 Å². The molecule has 18 heavy (non-hydrogen) atoms. The topological polar surface area (TPSA) is 52.6 Å². The van der Waals surface area contributed by atoms with Gasteiger partial charge in [0, 0.05) is 0 Å². The van der Waals surface area contributed by atoms with Crippen molar-refractivity contribution in [2.45, 2.75) is 38.0 Å². The van der Waals surface area contributed by atoms with Gasteiger partial charge in [-0.15, -0.1) is 4.33 Å². The van der Waals surface area contributed by atoms with Crippen molar-refractivity contribution >= 4 is 10.1 Å². The second kappa shape index (κ2) is 6.31. The summed E-state index contributed by atoms with van der Waals surface area (Å²) in [6.45, 7) is 6.45. The average Bonchev–Trinajstić information content (AvgIpc) is 2.30. The lowest BCUT2D eigenvalue weighted by Gasteiger charge is -2.19. The Morgan fingerprint density at radius 1 is 1.17 bits per heavy atom. The molecular weight excluding hydrogens is 252 g/mol. The van der Waals surface area contributed by atoms with E-state index >= 15 is 0 Å². The van der Waals surface area contributed by atoms with Crippen molar-refractivity contribution in [2.75, 3.05) is 7.11 Å². The van der Waals surface area contributed by atoms with E-state index < -0.39 is 10.1 Å². The zero-order valence-electron chi connectivity index (χ0n) is 11.2. The predicted molar refractivity (Wildman–Crippen MR) is 69.6 cm³/mol. The lowest BCUT2D eigenvalue weighted by Crippen LogP contribution is -2.08. The Balaban J connectivity index is 2.99. The first-order valence-electron chi connectivity index (χ1n) is 5.99. The Morgan fingerprint density at radius 2 is 1.72 bits per heavy atom. The molecule has 1 aromatic carbocycles. The second-order valence-electron chi connectivity index (χ2n) is 4.52. The first-order chi connectivity index (χ1) is 8.42. The summed E-state index contributed by atoms with van der Waals surface area (Å²) in [6.07, 6.45) is 1.03. The van der Waals surface area contributed by atoms with Crippen LogP contribution < -0.4 is 0 Å². The Morgan fingerprint density at radius 3 is 2.11 bits per heavy atom. The molecule has 0 bridgehead atoms. The Kier molecular flexibility index (Phi) is 5.31. The number of benzene rings is 1. The smallest absolute Gasteiger partial charge is 0.223 e. The van der Waals surface area contributed by atoms with Gasteiger partial charge in [0.25, 0.3) is 0 Å². The predicted octanol–water partition coefficient (Wildman–Crippen LogP) is 3.10. The van der Waals surface area contributed by atoms with Gasteiger partial charge in [0.15, 0.2) is 0 Å². The molecule has 1 atom stereocenters. The summed E-state index contributed by atoms with van der Waals surface area (Å²) in [6, 6.07) is 6.77. The van der Waals surface area contributed by atoms with E-state index in [4.69, 9.17) is 0 Å².